The van der Waals surface area contributed by atoms with Gasteiger partial charge in [0.15, 0.2) is 17.4 Å². The average Bonchev–Trinajstić information content (AvgIpc) is 2.39. The summed E-state index contributed by atoms with van der Waals surface area (Å²) in [6.07, 6.45) is 0. The van der Waals surface area contributed by atoms with Crippen LogP contribution in [0.5, 0.6) is 0 Å². The Morgan fingerprint density at radius 1 is 1.45 bits per heavy atom. The molecule has 0 fully saturated rings. The van der Waals surface area contributed by atoms with E-state index in [4.69, 9.17) is 11.3 Å². The van der Waals surface area contributed by atoms with Gasteiger partial charge in [0.25, 0.3) is 5.82 Å². The molecule has 1 aromatic rings. The van der Waals surface area contributed by atoms with E-state index in [1.807, 2.05) is 0 Å². The van der Waals surface area contributed by atoms with E-state index in [1.54, 1.807) is 6.92 Å². The lowest BCUT2D eigenvalue weighted by atomic mass is 9.97. The highest BCUT2D eigenvalue weighted by atomic mass is 79.9. The fraction of sp³-hybridized carbons (Fsp3) is 0.308. The molecule has 0 spiro atoms. The number of hydrogen-bond acceptors (Lipinski definition) is 5. The molecule has 1 heterocycles. The third kappa shape index (κ3) is 3.48. The Hall–Kier alpha value is -2.07. The second-order valence-corrected chi connectivity index (χ2v) is 4.63. The Morgan fingerprint density at radius 3 is 2.60 bits per heavy atom. The Balaban J connectivity index is 3.17. The number of aromatic nitrogens is 1. The summed E-state index contributed by atoms with van der Waals surface area (Å²) >= 11 is 3.11. The summed E-state index contributed by atoms with van der Waals surface area (Å²) in [5, 5.41) is 0. The summed E-state index contributed by atoms with van der Waals surface area (Å²) in [4.78, 5) is 42.3. The van der Waals surface area contributed by atoms with Crippen molar-refractivity contribution in [1.82, 2.24) is 4.98 Å². The van der Waals surface area contributed by atoms with Gasteiger partial charge in [-0.05, 0) is 19.9 Å². The van der Waals surface area contributed by atoms with Crippen LogP contribution in [0.25, 0.3) is 4.85 Å². The number of nitrogens with zero attached hydrogens (tertiary/aromatic N) is 2. The van der Waals surface area contributed by atoms with Crippen molar-refractivity contribution >= 4 is 39.3 Å². The Morgan fingerprint density at radius 2 is 2.10 bits per heavy atom. The number of ketones is 2. The molecule has 0 saturated carbocycles. The molecule has 0 aliphatic heterocycles. The summed E-state index contributed by atoms with van der Waals surface area (Å²) in [6.45, 7) is 9.70. The van der Waals surface area contributed by atoms with Gasteiger partial charge in [-0.15, -0.1) is 4.98 Å². The number of Topliss-reactive ketones (excluding diaryl/α,β-unsaturated/α-hetero) is 2. The molecule has 1 aromatic heterocycles. The van der Waals surface area contributed by atoms with E-state index in [0.29, 0.717) is 4.47 Å². The Bertz CT molecular complexity index is 607. The summed E-state index contributed by atoms with van der Waals surface area (Å²) in [6, 6.07) is 2.81. The van der Waals surface area contributed by atoms with E-state index in [-0.39, 0.29) is 18.1 Å². The fourth-order valence-corrected chi connectivity index (χ4v) is 1.79. The molecular weight excluding hydrogens is 328 g/mol. The molecule has 0 saturated heterocycles. The minimum absolute atomic E-state index is 0.0120. The molecule has 0 aliphatic rings. The predicted octanol–water partition coefficient (Wildman–Crippen LogP) is 2.35. The molecule has 0 bridgehead atoms. The monoisotopic (exact) mass is 338 g/mol. The molecule has 6 nitrogen and oxygen atoms in total. The third-order valence-electron chi connectivity index (χ3n) is 2.38. The van der Waals surface area contributed by atoms with E-state index < -0.39 is 23.5 Å². The first kappa shape index (κ1) is 16.0. The minimum atomic E-state index is -1.54. The highest BCUT2D eigenvalue weighted by Gasteiger charge is 2.35. The maximum atomic E-state index is 12.2. The number of halogens is 1. The van der Waals surface area contributed by atoms with E-state index in [9.17, 15) is 14.4 Å². The van der Waals surface area contributed by atoms with Crippen LogP contribution in [0.2, 0.25) is 0 Å². The number of rotatable bonds is 5. The number of carbonyl (C=O) groups is 3. The zero-order valence-corrected chi connectivity index (χ0v) is 12.4. The van der Waals surface area contributed by atoms with Gasteiger partial charge in [-0.2, -0.15) is 0 Å². The van der Waals surface area contributed by atoms with Crippen molar-refractivity contribution in [2.45, 2.75) is 13.8 Å². The zero-order chi connectivity index (χ0) is 15.3. The highest BCUT2D eigenvalue weighted by molar-refractivity contribution is 9.10. The number of carbonyl (C=O) groups excluding carboxylic acids is 3. The quantitative estimate of drug-likeness (QED) is 0.356. The Labute approximate surface area is 124 Å². The van der Waals surface area contributed by atoms with Crippen molar-refractivity contribution in [2.24, 2.45) is 5.92 Å². The van der Waals surface area contributed by atoms with Gasteiger partial charge < -0.3 is 9.58 Å². The molecule has 0 amide bonds. The van der Waals surface area contributed by atoms with Gasteiger partial charge in [-0.3, -0.25) is 14.4 Å². The van der Waals surface area contributed by atoms with Gasteiger partial charge in [-0.1, -0.05) is 28.6 Å². The molecule has 0 N–H and O–H groups in total. The normalized spacial score (nSPS) is 11.3. The van der Waals surface area contributed by atoms with Crippen LogP contribution in [0.4, 0.5) is 5.82 Å². The van der Waals surface area contributed by atoms with Crippen LogP contribution < -0.4 is 0 Å². The standard InChI is InChI=1S/C13H11BrN2O4/c1-4-20-13(19)10(7(2)17)11(18)9-6-5-8(14)12(15-3)16-9/h5-6,10H,4H2,1-2H3. The summed E-state index contributed by atoms with van der Waals surface area (Å²) in [7, 11) is 0. The van der Waals surface area contributed by atoms with Crippen molar-refractivity contribution in [3.05, 3.63) is 33.7 Å². The molecule has 1 atom stereocenters. The second kappa shape index (κ2) is 6.91. The first-order valence-corrected chi connectivity index (χ1v) is 6.47. The van der Waals surface area contributed by atoms with Gasteiger partial charge in [0.05, 0.1) is 6.61 Å². The van der Waals surface area contributed by atoms with Crippen LogP contribution in [0.3, 0.4) is 0 Å². The van der Waals surface area contributed by atoms with Gasteiger partial charge in [-0.25, -0.2) is 0 Å². The van der Waals surface area contributed by atoms with Crippen molar-refractivity contribution in [2.75, 3.05) is 6.61 Å². The molecule has 1 rings (SSSR count). The Kier molecular flexibility index (Phi) is 5.53. The average molecular weight is 339 g/mol. The zero-order valence-electron chi connectivity index (χ0n) is 10.8. The number of hydrogen-bond donors (Lipinski definition) is 0. The van der Waals surface area contributed by atoms with E-state index in [0.717, 1.165) is 6.92 Å². The first-order valence-electron chi connectivity index (χ1n) is 5.67. The maximum Gasteiger partial charge on any atom is 0.324 e. The highest BCUT2D eigenvalue weighted by Crippen LogP contribution is 2.24. The molecule has 20 heavy (non-hydrogen) atoms. The summed E-state index contributed by atoms with van der Waals surface area (Å²) < 4.78 is 5.14. The smallest absolute Gasteiger partial charge is 0.324 e. The maximum absolute atomic E-state index is 12.2. The lowest BCUT2D eigenvalue weighted by Gasteiger charge is -2.09. The van der Waals surface area contributed by atoms with Crippen LogP contribution >= 0.6 is 15.9 Å². The third-order valence-corrected chi connectivity index (χ3v) is 3.00. The van der Waals surface area contributed by atoms with E-state index in [2.05, 4.69) is 25.8 Å². The molecule has 7 heteroatoms. The van der Waals surface area contributed by atoms with Crippen LogP contribution in [-0.2, 0) is 14.3 Å². The van der Waals surface area contributed by atoms with Crippen molar-refractivity contribution in [3.8, 4) is 0 Å². The minimum Gasteiger partial charge on any atom is -0.465 e. The van der Waals surface area contributed by atoms with Crippen molar-refractivity contribution in [3.63, 3.8) is 0 Å². The van der Waals surface area contributed by atoms with Crippen LogP contribution in [-0.4, -0.2) is 29.1 Å². The number of esters is 1. The number of pyridine rings is 1. The van der Waals surface area contributed by atoms with Crippen LogP contribution in [0.15, 0.2) is 16.6 Å². The van der Waals surface area contributed by atoms with Crippen molar-refractivity contribution in [1.29, 1.82) is 0 Å². The molecule has 1 unspecified atom stereocenters. The van der Waals surface area contributed by atoms with E-state index >= 15 is 0 Å². The molecular formula is C13H11BrN2O4. The largest absolute Gasteiger partial charge is 0.465 e. The first-order chi connectivity index (χ1) is 9.42. The molecule has 0 aliphatic carbocycles. The SMILES string of the molecule is [C-]#[N+]c1nc(C(=O)C(C(C)=O)C(=O)OCC)ccc1Br. The van der Waals surface area contributed by atoms with Gasteiger partial charge in [0, 0.05) is 4.47 Å². The lowest BCUT2D eigenvalue weighted by Crippen LogP contribution is -2.32. The topological polar surface area (TPSA) is 77.7 Å². The van der Waals surface area contributed by atoms with Gasteiger partial charge in [0.2, 0.25) is 5.78 Å². The van der Waals surface area contributed by atoms with Gasteiger partial charge >= 0.3 is 5.97 Å². The fourth-order valence-electron chi connectivity index (χ4n) is 1.48. The summed E-state index contributed by atoms with van der Waals surface area (Å²) in [5.41, 5.74) is -0.118. The van der Waals surface area contributed by atoms with Crippen molar-refractivity contribution < 1.29 is 19.1 Å². The molecule has 0 radical (unpaired) electrons. The van der Waals surface area contributed by atoms with Crippen LogP contribution in [0.1, 0.15) is 24.3 Å². The summed E-state index contributed by atoms with van der Waals surface area (Å²) in [5.74, 6) is -3.85. The second-order valence-electron chi connectivity index (χ2n) is 3.77. The van der Waals surface area contributed by atoms with Gasteiger partial charge in [0.1, 0.15) is 0 Å². The number of ether oxygens (including phenoxy) is 1. The predicted molar refractivity (Wildman–Crippen MR) is 73.3 cm³/mol. The van der Waals surface area contributed by atoms with E-state index in [1.165, 1.54) is 12.1 Å². The molecule has 0 aromatic carbocycles. The lowest BCUT2D eigenvalue weighted by molar-refractivity contribution is -0.148. The van der Waals surface area contributed by atoms with Crippen LogP contribution in [0, 0.1) is 12.5 Å². The molecule has 104 valence electrons.